The van der Waals surface area contributed by atoms with Gasteiger partial charge in [-0.2, -0.15) is 10.4 Å². The molecular weight excluding hydrogens is 448 g/mol. The summed E-state index contributed by atoms with van der Waals surface area (Å²) in [5, 5.41) is 13.6. The average Bonchev–Trinajstić information content (AvgIpc) is 3.15. The second-order valence-corrected chi connectivity index (χ2v) is 7.70. The van der Waals surface area contributed by atoms with Crippen LogP contribution in [0.25, 0.3) is 5.88 Å². The molecule has 0 atom stereocenters. The van der Waals surface area contributed by atoms with Crippen molar-refractivity contribution in [3.63, 3.8) is 0 Å². The lowest BCUT2D eigenvalue weighted by Crippen LogP contribution is -2.18. The number of halogens is 1. The van der Waals surface area contributed by atoms with E-state index in [1.807, 2.05) is 38.3 Å². The fourth-order valence-corrected chi connectivity index (χ4v) is 3.57. The van der Waals surface area contributed by atoms with Crippen molar-refractivity contribution in [3.8, 4) is 17.7 Å². The molecule has 1 N–H and O–H groups in total. The van der Waals surface area contributed by atoms with E-state index < -0.39 is 0 Å². The zero-order valence-electron chi connectivity index (χ0n) is 17.3. The third-order valence-corrected chi connectivity index (χ3v) is 5.42. The van der Waals surface area contributed by atoms with Crippen molar-refractivity contribution in [1.82, 2.24) is 9.99 Å². The van der Waals surface area contributed by atoms with Crippen LogP contribution >= 0.6 is 15.9 Å². The Balaban J connectivity index is 1.88. The predicted molar refractivity (Wildman–Crippen MR) is 117 cm³/mol. The van der Waals surface area contributed by atoms with Crippen molar-refractivity contribution < 1.29 is 13.9 Å². The Morgan fingerprint density at radius 3 is 2.70 bits per heavy atom. The van der Waals surface area contributed by atoms with Crippen LogP contribution in [0, 0.1) is 39.0 Å². The number of hydrazone groups is 1. The van der Waals surface area contributed by atoms with E-state index in [1.54, 1.807) is 24.4 Å². The van der Waals surface area contributed by atoms with Crippen molar-refractivity contribution in [3.05, 3.63) is 68.1 Å². The molecule has 0 aliphatic rings. The summed E-state index contributed by atoms with van der Waals surface area (Å²) < 4.78 is 13.7. The number of aryl methyl sites for hydroxylation is 2. The van der Waals surface area contributed by atoms with Crippen molar-refractivity contribution in [1.29, 1.82) is 5.26 Å². The Labute approximate surface area is 183 Å². The zero-order valence-corrected chi connectivity index (χ0v) is 18.9. The van der Waals surface area contributed by atoms with Crippen LogP contribution in [0.15, 0.2) is 38.3 Å². The fourth-order valence-electron chi connectivity index (χ4n) is 3.21. The second-order valence-electron chi connectivity index (χ2n) is 6.78. The van der Waals surface area contributed by atoms with E-state index in [9.17, 15) is 10.1 Å². The number of ether oxygens (including phenoxy) is 1. The van der Waals surface area contributed by atoms with E-state index in [4.69, 9.17) is 9.15 Å². The molecule has 1 amide bonds. The van der Waals surface area contributed by atoms with E-state index in [2.05, 4.69) is 32.5 Å². The van der Waals surface area contributed by atoms with Gasteiger partial charge in [0.1, 0.15) is 23.1 Å². The number of benzene rings is 1. The summed E-state index contributed by atoms with van der Waals surface area (Å²) in [5.74, 6) is 1.27. The number of nitrogens with zero attached hydrogens (tertiary/aromatic N) is 3. The van der Waals surface area contributed by atoms with Crippen LogP contribution in [0.3, 0.4) is 0 Å². The number of aromatic nitrogens is 1. The quantitative estimate of drug-likeness (QED) is 0.433. The van der Waals surface area contributed by atoms with Crippen molar-refractivity contribution in [2.24, 2.45) is 5.10 Å². The Bertz CT molecular complexity index is 1200. The zero-order chi connectivity index (χ0) is 22.0. The molecule has 8 heteroatoms. The first kappa shape index (κ1) is 21.4. The summed E-state index contributed by atoms with van der Waals surface area (Å²) in [5.41, 5.74) is 6.75. The van der Waals surface area contributed by atoms with E-state index in [0.29, 0.717) is 28.5 Å². The van der Waals surface area contributed by atoms with Gasteiger partial charge in [-0.05, 0) is 52.0 Å². The molecule has 0 saturated carbocycles. The summed E-state index contributed by atoms with van der Waals surface area (Å²) >= 11 is 3.35. The number of carbonyl (C=O) groups excluding carboxylic acids is 1. The molecule has 0 unspecified atom stereocenters. The molecule has 3 rings (SSSR count). The van der Waals surface area contributed by atoms with Gasteiger partial charge in [0, 0.05) is 27.0 Å². The van der Waals surface area contributed by atoms with Gasteiger partial charge in [0.2, 0.25) is 5.88 Å². The number of hydrogen-bond donors (Lipinski definition) is 1. The third kappa shape index (κ3) is 3.89. The van der Waals surface area contributed by atoms with E-state index >= 15 is 0 Å². The Kier molecular flexibility index (Phi) is 6.13. The first-order valence-electron chi connectivity index (χ1n) is 9.14. The van der Waals surface area contributed by atoms with Crippen molar-refractivity contribution in [2.45, 2.75) is 27.7 Å². The summed E-state index contributed by atoms with van der Waals surface area (Å²) in [4.78, 5) is 12.5. The summed E-state index contributed by atoms with van der Waals surface area (Å²) in [6.07, 6.45) is 1.57. The molecule has 7 nitrogen and oxygen atoms in total. The van der Waals surface area contributed by atoms with Crippen LogP contribution < -0.4 is 10.2 Å². The summed E-state index contributed by atoms with van der Waals surface area (Å²) in [6, 6.07) is 9.30. The van der Waals surface area contributed by atoms with Gasteiger partial charge in [0.25, 0.3) is 5.91 Å². The fraction of sp³-hybridized carbons (Fsp3) is 0.227. The minimum Gasteiger partial charge on any atom is -0.496 e. The number of rotatable bonds is 5. The lowest BCUT2D eigenvalue weighted by molar-refractivity contribution is 0.0952. The first-order valence-corrected chi connectivity index (χ1v) is 9.94. The molecule has 2 heterocycles. The first-order chi connectivity index (χ1) is 14.3. The molecule has 0 saturated heterocycles. The number of nitrogens with one attached hydrogen (secondary N) is 1. The van der Waals surface area contributed by atoms with Gasteiger partial charge in [-0.25, -0.2) is 5.43 Å². The highest BCUT2D eigenvalue weighted by molar-refractivity contribution is 9.10. The van der Waals surface area contributed by atoms with Crippen LogP contribution in [0.1, 0.15) is 44.2 Å². The summed E-state index contributed by atoms with van der Waals surface area (Å²) in [6.45, 7) is 7.52. The largest absolute Gasteiger partial charge is 0.496 e. The topological polar surface area (TPSA) is 92.5 Å². The van der Waals surface area contributed by atoms with E-state index in [1.165, 1.54) is 7.11 Å². The molecule has 3 aromatic rings. The number of methoxy groups -OCH3 is 1. The van der Waals surface area contributed by atoms with Gasteiger partial charge in [0.15, 0.2) is 0 Å². The highest BCUT2D eigenvalue weighted by Crippen LogP contribution is 2.28. The molecule has 154 valence electrons. The van der Waals surface area contributed by atoms with Gasteiger partial charge in [-0.15, -0.1) is 0 Å². The maximum atomic E-state index is 12.5. The predicted octanol–water partition coefficient (Wildman–Crippen LogP) is 4.71. The SMILES string of the molecule is COc1ccc(Br)cc1C(=O)N/N=C\c1cc(C)n(-c2oc(C)c(C)c2C#N)c1C. The Morgan fingerprint density at radius 1 is 1.30 bits per heavy atom. The molecule has 0 aliphatic heterocycles. The average molecular weight is 469 g/mol. The maximum absolute atomic E-state index is 12.5. The van der Waals surface area contributed by atoms with Crippen LogP contribution in [0.2, 0.25) is 0 Å². The van der Waals surface area contributed by atoms with E-state index in [0.717, 1.165) is 27.0 Å². The van der Waals surface area contributed by atoms with Crippen LogP contribution in [-0.4, -0.2) is 23.8 Å². The standard InChI is InChI=1S/C22H21BrN4O3/c1-12-8-16(14(3)27(12)22-19(10-24)13(2)15(4)30-22)11-25-26-21(28)18-9-17(23)6-7-20(18)29-5/h6-9,11H,1-5H3,(H,26,28)/b25-11-. The molecule has 2 aromatic heterocycles. The highest BCUT2D eigenvalue weighted by atomic mass is 79.9. The minimum absolute atomic E-state index is 0.370. The van der Waals surface area contributed by atoms with Crippen LogP contribution in [0.4, 0.5) is 0 Å². The second kappa shape index (κ2) is 8.59. The number of nitriles is 1. The smallest absolute Gasteiger partial charge is 0.275 e. The molecular formula is C22H21BrN4O3. The normalized spacial score (nSPS) is 11.0. The van der Waals surface area contributed by atoms with Crippen molar-refractivity contribution in [2.75, 3.05) is 7.11 Å². The monoisotopic (exact) mass is 468 g/mol. The number of hydrogen-bond acceptors (Lipinski definition) is 5. The van der Waals surface area contributed by atoms with Crippen molar-refractivity contribution >= 4 is 28.1 Å². The van der Waals surface area contributed by atoms with E-state index in [-0.39, 0.29) is 5.91 Å². The Morgan fingerprint density at radius 2 is 2.03 bits per heavy atom. The van der Waals surface area contributed by atoms with Gasteiger partial charge in [-0.3, -0.25) is 9.36 Å². The highest BCUT2D eigenvalue weighted by Gasteiger charge is 2.20. The van der Waals surface area contributed by atoms with Crippen LogP contribution in [0.5, 0.6) is 5.75 Å². The molecule has 1 aromatic carbocycles. The molecule has 0 bridgehead atoms. The van der Waals surface area contributed by atoms with Gasteiger partial charge >= 0.3 is 0 Å². The number of carbonyl (C=O) groups is 1. The van der Waals surface area contributed by atoms with Gasteiger partial charge < -0.3 is 9.15 Å². The summed E-state index contributed by atoms with van der Waals surface area (Å²) in [7, 11) is 1.51. The Hall–Kier alpha value is -3.31. The van der Waals surface area contributed by atoms with Crippen LogP contribution in [-0.2, 0) is 0 Å². The lowest BCUT2D eigenvalue weighted by Gasteiger charge is -2.07. The maximum Gasteiger partial charge on any atom is 0.275 e. The van der Waals surface area contributed by atoms with Gasteiger partial charge in [0.05, 0.1) is 18.9 Å². The number of furan rings is 1. The number of amides is 1. The van der Waals surface area contributed by atoms with Gasteiger partial charge in [-0.1, -0.05) is 15.9 Å². The minimum atomic E-state index is -0.387. The third-order valence-electron chi connectivity index (χ3n) is 4.93. The molecule has 0 spiro atoms. The molecule has 0 radical (unpaired) electrons. The lowest BCUT2D eigenvalue weighted by atomic mass is 10.2. The molecule has 0 aliphatic carbocycles. The molecule has 0 fully saturated rings. The molecule has 30 heavy (non-hydrogen) atoms.